The minimum atomic E-state index is -0.694. The molecule has 5 atom stereocenters. The van der Waals surface area contributed by atoms with Gasteiger partial charge in [-0.2, -0.15) is 0 Å². The average molecular weight is 453 g/mol. The minimum Gasteiger partial charge on any atom is -0.465 e. The summed E-state index contributed by atoms with van der Waals surface area (Å²) >= 11 is 3.79. The molecule has 0 N–H and O–H groups in total. The van der Waals surface area contributed by atoms with Crippen LogP contribution in [0.1, 0.15) is 50.7 Å². The third-order valence-corrected chi connectivity index (χ3v) is 6.65. The number of ether oxygens (including phenoxy) is 3. The fourth-order valence-corrected chi connectivity index (χ4v) is 5.98. The van der Waals surface area contributed by atoms with E-state index >= 15 is 0 Å². The van der Waals surface area contributed by atoms with Gasteiger partial charge in [0, 0.05) is 37.9 Å². The van der Waals surface area contributed by atoms with E-state index in [0.717, 1.165) is 12.0 Å². The van der Waals surface area contributed by atoms with Gasteiger partial charge in [0.1, 0.15) is 18.8 Å². The van der Waals surface area contributed by atoms with Crippen molar-refractivity contribution in [3.63, 3.8) is 0 Å². The van der Waals surface area contributed by atoms with Crippen LogP contribution in [0.2, 0.25) is 0 Å². The molecule has 0 radical (unpaired) electrons. The standard InChI is InChI=1S/C21H25BrO6/c1-12(23)26-11-21-9-8-15-6-4-5-7-16(15)19(21)17(22)10-18(27-13(2)24)20(21)28-14(3)25/h4-7,17-20H,8-11H2,1-3H3/t17-,18+,19-,20-,21-/m1/s1. The lowest BCUT2D eigenvalue weighted by Gasteiger charge is -2.55. The number of carbonyl (C=O) groups is 3. The third kappa shape index (κ3) is 3.95. The summed E-state index contributed by atoms with van der Waals surface area (Å²) in [5, 5.41) is 0. The summed E-state index contributed by atoms with van der Waals surface area (Å²) in [6.07, 6.45) is 0.610. The van der Waals surface area contributed by atoms with Crippen molar-refractivity contribution in [2.75, 3.05) is 6.61 Å². The van der Waals surface area contributed by atoms with Crippen LogP contribution in [-0.2, 0) is 35.0 Å². The first-order valence-electron chi connectivity index (χ1n) is 9.44. The Balaban J connectivity index is 2.11. The number of rotatable bonds is 4. The fraction of sp³-hybridized carbons (Fsp3) is 0.571. The normalized spacial score (nSPS) is 31.1. The maximum atomic E-state index is 11.9. The van der Waals surface area contributed by atoms with Crippen molar-refractivity contribution in [1.82, 2.24) is 0 Å². The number of alkyl halides is 1. The van der Waals surface area contributed by atoms with Crippen LogP contribution in [-0.4, -0.2) is 41.5 Å². The molecule has 0 unspecified atom stereocenters. The summed E-state index contributed by atoms with van der Waals surface area (Å²) in [6.45, 7) is 4.14. The average Bonchev–Trinajstić information content (AvgIpc) is 2.62. The molecule has 1 aromatic carbocycles. The second kappa shape index (κ2) is 8.23. The largest absolute Gasteiger partial charge is 0.465 e. The van der Waals surface area contributed by atoms with Crippen molar-refractivity contribution in [3.8, 4) is 0 Å². The Morgan fingerprint density at radius 3 is 2.39 bits per heavy atom. The summed E-state index contributed by atoms with van der Waals surface area (Å²) in [5.41, 5.74) is 1.71. The van der Waals surface area contributed by atoms with Crippen molar-refractivity contribution in [3.05, 3.63) is 35.4 Å². The number of carbonyl (C=O) groups excluding carboxylic acids is 3. The Hall–Kier alpha value is -1.89. The molecule has 6 nitrogen and oxygen atoms in total. The molecule has 3 rings (SSSR count). The van der Waals surface area contributed by atoms with E-state index in [1.54, 1.807) is 0 Å². The van der Waals surface area contributed by atoms with Crippen molar-refractivity contribution in [2.45, 2.75) is 63.0 Å². The number of fused-ring (bicyclic) bond motifs is 3. The van der Waals surface area contributed by atoms with Gasteiger partial charge in [-0.15, -0.1) is 0 Å². The molecule has 1 saturated carbocycles. The molecule has 28 heavy (non-hydrogen) atoms. The molecule has 0 aliphatic heterocycles. The number of halogens is 1. The van der Waals surface area contributed by atoms with Crippen LogP contribution < -0.4 is 0 Å². The second-order valence-corrected chi connectivity index (χ2v) is 8.80. The highest BCUT2D eigenvalue weighted by atomic mass is 79.9. The predicted octanol–water partition coefficient (Wildman–Crippen LogP) is 3.30. The first kappa shape index (κ1) is 20.8. The first-order chi connectivity index (χ1) is 13.2. The molecular formula is C21H25BrO6. The van der Waals surface area contributed by atoms with Crippen LogP contribution in [0.3, 0.4) is 0 Å². The van der Waals surface area contributed by atoms with E-state index in [9.17, 15) is 14.4 Å². The van der Waals surface area contributed by atoms with Crippen molar-refractivity contribution in [1.29, 1.82) is 0 Å². The molecule has 2 aliphatic rings. The summed E-state index contributed by atoms with van der Waals surface area (Å²) in [7, 11) is 0. The topological polar surface area (TPSA) is 78.9 Å². The smallest absolute Gasteiger partial charge is 0.303 e. The lowest BCUT2D eigenvalue weighted by atomic mass is 9.56. The quantitative estimate of drug-likeness (QED) is 0.396. The number of benzene rings is 1. The Morgan fingerprint density at radius 1 is 1.07 bits per heavy atom. The van der Waals surface area contributed by atoms with Gasteiger partial charge >= 0.3 is 17.9 Å². The zero-order chi connectivity index (χ0) is 20.5. The Kier molecular flexibility index (Phi) is 6.12. The minimum absolute atomic E-state index is 0.0272. The molecule has 0 spiro atoms. The molecule has 152 valence electrons. The lowest BCUT2D eigenvalue weighted by Crippen LogP contribution is -2.60. The van der Waals surface area contributed by atoms with Gasteiger partial charge in [0.2, 0.25) is 0 Å². The highest BCUT2D eigenvalue weighted by Gasteiger charge is 2.60. The van der Waals surface area contributed by atoms with Gasteiger partial charge in [-0.3, -0.25) is 14.4 Å². The van der Waals surface area contributed by atoms with Gasteiger partial charge in [0.05, 0.1) is 5.41 Å². The summed E-state index contributed by atoms with van der Waals surface area (Å²) in [4.78, 5) is 35.3. The van der Waals surface area contributed by atoms with Crippen LogP contribution in [0.15, 0.2) is 24.3 Å². The second-order valence-electron chi connectivity index (χ2n) is 7.62. The Morgan fingerprint density at radius 2 is 1.75 bits per heavy atom. The van der Waals surface area contributed by atoms with Gasteiger partial charge in [-0.05, 0) is 24.0 Å². The number of aryl methyl sites for hydroxylation is 1. The highest BCUT2D eigenvalue weighted by molar-refractivity contribution is 9.09. The van der Waals surface area contributed by atoms with Crippen LogP contribution in [0.5, 0.6) is 0 Å². The van der Waals surface area contributed by atoms with Gasteiger partial charge in [0.15, 0.2) is 0 Å². The van der Waals surface area contributed by atoms with Gasteiger partial charge in [-0.1, -0.05) is 40.2 Å². The molecule has 1 aromatic rings. The van der Waals surface area contributed by atoms with Crippen molar-refractivity contribution in [2.24, 2.45) is 5.41 Å². The zero-order valence-electron chi connectivity index (χ0n) is 16.3. The van der Waals surface area contributed by atoms with E-state index in [1.807, 2.05) is 12.1 Å². The highest BCUT2D eigenvalue weighted by Crippen LogP contribution is 2.57. The monoisotopic (exact) mass is 452 g/mol. The summed E-state index contributed by atoms with van der Waals surface area (Å²) in [6, 6.07) is 8.17. The number of hydrogen-bond acceptors (Lipinski definition) is 6. The molecule has 1 fully saturated rings. The lowest BCUT2D eigenvalue weighted by molar-refractivity contribution is -0.197. The summed E-state index contributed by atoms with van der Waals surface area (Å²) in [5.74, 6) is -1.32. The first-order valence-corrected chi connectivity index (χ1v) is 10.4. The predicted molar refractivity (Wildman–Crippen MR) is 105 cm³/mol. The van der Waals surface area contributed by atoms with E-state index < -0.39 is 35.5 Å². The molecule has 2 aliphatic carbocycles. The molecule has 0 bridgehead atoms. The maximum absolute atomic E-state index is 11.9. The van der Waals surface area contributed by atoms with E-state index in [2.05, 4.69) is 28.1 Å². The maximum Gasteiger partial charge on any atom is 0.303 e. The van der Waals surface area contributed by atoms with Crippen molar-refractivity contribution >= 4 is 33.8 Å². The van der Waals surface area contributed by atoms with Gasteiger partial charge < -0.3 is 14.2 Å². The van der Waals surface area contributed by atoms with Crippen molar-refractivity contribution < 1.29 is 28.6 Å². The van der Waals surface area contributed by atoms with E-state index in [4.69, 9.17) is 14.2 Å². The third-order valence-electron chi connectivity index (χ3n) is 5.75. The SMILES string of the molecule is CC(=O)OC[C@]12CCc3ccccc3[C@@H]1[C@H](Br)C[C@H](OC(C)=O)[C@H]2OC(C)=O. The zero-order valence-corrected chi connectivity index (χ0v) is 17.9. The molecule has 0 aromatic heterocycles. The van der Waals surface area contributed by atoms with E-state index in [0.29, 0.717) is 12.8 Å². The van der Waals surface area contributed by atoms with Crippen LogP contribution in [0.25, 0.3) is 0 Å². The van der Waals surface area contributed by atoms with Crippen LogP contribution >= 0.6 is 15.9 Å². The number of hydrogen-bond donors (Lipinski definition) is 0. The van der Waals surface area contributed by atoms with Crippen LogP contribution in [0, 0.1) is 5.41 Å². The Bertz CT molecular complexity index is 778. The molecule has 0 amide bonds. The molecular weight excluding hydrogens is 428 g/mol. The number of esters is 3. The fourth-order valence-electron chi connectivity index (χ4n) is 4.80. The van der Waals surface area contributed by atoms with E-state index in [-0.39, 0.29) is 17.4 Å². The van der Waals surface area contributed by atoms with Gasteiger partial charge in [0.25, 0.3) is 0 Å². The van der Waals surface area contributed by atoms with E-state index in [1.165, 1.54) is 26.3 Å². The van der Waals surface area contributed by atoms with Gasteiger partial charge in [-0.25, -0.2) is 0 Å². The summed E-state index contributed by atoms with van der Waals surface area (Å²) < 4.78 is 16.8. The molecule has 0 saturated heterocycles. The molecule has 7 heteroatoms. The Labute approximate surface area is 173 Å². The molecule has 0 heterocycles. The van der Waals surface area contributed by atoms with Crippen LogP contribution in [0.4, 0.5) is 0 Å².